The Kier molecular flexibility index (Phi) is 14.3. The standard InChI is InChI=1S/C54H65N10O4/c1-40-17-18-42-47(56-24-14-28-60-34-32-58(3)38-60)22-20-45-50(42)48(40)54(68)64(53(45)67)30-11-7-5-9-26-62-36-35-61(39-62)25-8-4-6-10-29-63-51(65)43-16-12-15-41-46(21-19-44(49(41)43)52(63)66)55-23-13-27-59-33-31-57(2)37-59/h12,15-16,18-22,31-40H,4-11,13-14,17,23-30H2,1-3H3/q+1/p+2. The van der Waals surface area contributed by atoms with Gasteiger partial charge in [0.1, 0.15) is 37.2 Å². The maximum atomic E-state index is 13.9. The van der Waals surface area contributed by atoms with Crippen molar-refractivity contribution in [3.63, 3.8) is 0 Å². The number of anilines is 2. The summed E-state index contributed by atoms with van der Waals surface area (Å²) >= 11 is 0. The minimum atomic E-state index is -0.205. The Hall–Kier alpha value is -6.83. The molecule has 68 heavy (non-hydrogen) atoms. The normalized spacial score (nSPS) is 15.4. The van der Waals surface area contributed by atoms with E-state index in [1.807, 2.05) is 78.1 Å². The maximum Gasteiger partial charge on any atom is 0.261 e. The molecule has 0 bridgehead atoms. The summed E-state index contributed by atoms with van der Waals surface area (Å²) in [6, 6.07) is 13.5. The first-order chi connectivity index (χ1) is 33.1. The summed E-state index contributed by atoms with van der Waals surface area (Å²) in [7, 11) is 4.03. The zero-order valence-corrected chi connectivity index (χ0v) is 40.0. The summed E-state index contributed by atoms with van der Waals surface area (Å²) < 4.78 is 12.8. The lowest BCUT2D eigenvalue weighted by molar-refractivity contribution is -0.696. The highest BCUT2D eigenvalue weighted by molar-refractivity contribution is 6.27. The van der Waals surface area contributed by atoms with Crippen LogP contribution in [0.4, 0.5) is 11.4 Å². The fourth-order valence-corrected chi connectivity index (χ4v) is 10.3. The predicted molar refractivity (Wildman–Crippen MR) is 262 cm³/mol. The van der Waals surface area contributed by atoms with Gasteiger partial charge >= 0.3 is 0 Å². The first-order valence-electron chi connectivity index (χ1n) is 24.8. The third-order valence-corrected chi connectivity index (χ3v) is 13.9. The minimum Gasteiger partial charge on any atom is -0.384 e. The molecule has 1 atom stereocenters. The molecule has 3 aromatic carbocycles. The second kappa shape index (κ2) is 21.0. The van der Waals surface area contributed by atoms with Crippen LogP contribution in [0.2, 0.25) is 0 Å². The average molecular weight is 920 g/mol. The second-order valence-corrected chi connectivity index (χ2v) is 19.0. The Balaban J connectivity index is 0.670. The number of nitrogens with one attached hydrogen (secondary N) is 2. The molecule has 0 spiro atoms. The first-order valence-corrected chi connectivity index (χ1v) is 24.8. The van der Waals surface area contributed by atoms with Crippen LogP contribution in [0.1, 0.15) is 109 Å². The van der Waals surface area contributed by atoms with Crippen molar-refractivity contribution in [2.24, 2.45) is 20.0 Å². The number of unbranched alkanes of at least 4 members (excludes halogenated alkanes) is 6. The number of carbonyl (C=O) groups excluding carboxylic acids is 4. The van der Waals surface area contributed by atoms with E-state index in [1.165, 1.54) is 9.80 Å². The Bertz CT molecular complexity index is 2940. The average Bonchev–Trinajstić information content (AvgIpc) is 4.10. The number of aromatic nitrogens is 6. The second-order valence-electron chi connectivity index (χ2n) is 19.0. The minimum absolute atomic E-state index is 0.0659. The molecule has 0 saturated carbocycles. The smallest absolute Gasteiger partial charge is 0.261 e. The largest absolute Gasteiger partial charge is 0.384 e. The molecule has 14 nitrogen and oxygen atoms in total. The SMILES string of the molecule is CC1CC=c2c(NCCCn3cc[n+](C)c3)ccc3c2=C1C(=O)N(CCCCCCn1cc[n+](CCCCCCN2C(=O)c4cccc5c(NCCCn6cc[n+](C)c6)ccc(c45)C2=O)c1)C3=O. The number of aryl methyl sites for hydroxylation is 6. The van der Waals surface area contributed by atoms with Crippen molar-refractivity contribution in [1.29, 1.82) is 0 Å². The zero-order chi connectivity index (χ0) is 47.1. The van der Waals surface area contributed by atoms with Crippen molar-refractivity contribution in [3.05, 3.63) is 126 Å². The highest BCUT2D eigenvalue weighted by atomic mass is 16.2. The summed E-state index contributed by atoms with van der Waals surface area (Å²) in [4.78, 5) is 57.9. The number of benzene rings is 3. The molecule has 354 valence electrons. The van der Waals surface area contributed by atoms with Gasteiger partial charge in [-0.25, -0.2) is 27.4 Å². The summed E-state index contributed by atoms with van der Waals surface area (Å²) in [6.07, 6.45) is 31.1. The maximum absolute atomic E-state index is 13.9. The van der Waals surface area contributed by atoms with Gasteiger partial charge in [-0.1, -0.05) is 38.0 Å². The number of hydrogen-bond acceptors (Lipinski definition) is 6. The third-order valence-electron chi connectivity index (χ3n) is 13.9. The Morgan fingerprint density at radius 1 is 0.559 bits per heavy atom. The molecule has 14 heteroatoms. The van der Waals surface area contributed by atoms with E-state index < -0.39 is 0 Å². The number of imidazole rings is 3. The fourth-order valence-electron chi connectivity index (χ4n) is 10.3. The van der Waals surface area contributed by atoms with Crippen LogP contribution in [-0.2, 0) is 45.1 Å². The van der Waals surface area contributed by atoms with Crippen LogP contribution in [0.25, 0.3) is 22.4 Å². The molecular formula is C54H67N10O4+3. The van der Waals surface area contributed by atoms with Crippen molar-refractivity contribution >= 4 is 57.4 Å². The van der Waals surface area contributed by atoms with Gasteiger partial charge in [0, 0.05) is 93.9 Å². The van der Waals surface area contributed by atoms with Crippen LogP contribution < -0.4 is 34.8 Å². The van der Waals surface area contributed by atoms with Crippen molar-refractivity contribution in [1.82, 2.24) is 23.5 Å². The number of nitrogens with zero attached hydrogens (tertiary/aromatic N) is 8. The monoisotopic (exact) mass is 920 g/mol. The fraction of sp³-hybridized carbons (Fsp3) is 0.426. The van der Waals surface area contributed by atoms with Gasteiger partial charge in [-0.2, -0.15) is 0 Å². The summed E-state index contributed by atoms with van der Waals surface area (Å²) in [5, 5.41) is 10.6. The highest BCUT2D eigenvalue weighted by Crippen LogP contribution is 2.35. The Morgan fingerprint density at radius 3 is 1.78 bits per heavy atom. The van der Waals surface area contributed by atoms with E-state index >= 15 is 0 Å². The molecule has 1 unspecified atom stereocenters. The summed E-state index contributed by atoms with van der Waals surface area (Å²) in [6.45, 7) is 8.18. The van der Waals surface area contributed by atoms with Crippen LogP contribution in [-0.4, -0.2) is 73.3 Å². The van der Waals surface area contributed by atoms with Gasteiger partial charge in [0.05, 0.1) is 40.3 Å². The molecule has 3 aliphatic rings. The molecule has 2 N–H and O–H groups in total. The van der Waals surface area contributed by atoms with Gasteiger partial charge in [0.2, 0.25) is 19.0 Å². The number of amides is 4. The van der Waals surface area contributed by atoms with Gasteiger partial charge < -0.3 is 10.6 Å². The van der Waals surface area contributed by atoms with E-state index in [0.29, 0.717) is 29.8 Å². The van der Waals surface area contributed by atoms with Crippen LogP contribution >= 0.6 is 0 Å². The van der Waals surface area contributed by atoms with Gasteiger partial charge in [0.15, 0.2) is 0 Å². The summed E-state index contributed by atoms with van der Waals surface area (Å²) in [5.41, 5.74) is 4.56. The van der Waals surface area contributed by atoms with Crippen LogP contribution in [0, 0.1) is 5.92 Å². The number of imide groups is 2. The predicted octanol–water partition coefficient (Wildman–Crippen LogP) is 5.26. The van der Waals surface area contributed by atoms with Gasteiger partial charge in [-0.3, -0.25) is 29.0 Å². The molecule has 0 saturated heterocycles. The third kappa shape index (κ3) is 10.0. The molecule has 0 fully saturated rings. The Labute approximate surface area is 398 Å². The van der Waals surface area contributed by atoms with E-state index in [2.05, 4.69) is 85.7 Å². The first kappa shape index (κ1) is 46.3. The highest BCUT2D eigenvalue weighted by Gasteiger charge is 2.36. The quantitative estimate of drug-likeness (QED) is 0.0486. The molecule has 1 aliphatic carbocycles. The molecule has 4 amide bonds. The van der Waals surface area contributed by atoms with Crippen LogP contribution in [0.3, 0.4) is 0 Å². The van der Waals surface area contributed by atoms with Gasteiger partial charge in [-0.05, 0) is 81.2 Å². The van der Waals surface area contributed by atoms with Crippen molar-refractivity contribution in [2.75, 3.05) is 36.8 Å². The molecule has 6 aromatic rings. The van der Waals surface area contributed by atoms with Gasteiger partial charge in [-0.15, -0.1) is 0 Å². The van der Waals surface area contributed by atoms with Crippen LogP contribution in [0.15, 0.2) is 98.6 Å². The van der Waals surface area contributed by atoms with E-state index in [9.17, 15) is 19.2 Å². The lowest BCUT2D eigenvalue weighted by Gasteiger charge is -2.31. The van der Waals surface area contributed by atoms with Gasteiger partial charge in [0.25, 0.3) is 23.6 Å². The van der Waals surface area contributed by atoms with E-state index in [0.717, 1.165) is 148 Å². The molecule has 5 heterocycles. The molecule has 2 aliphatic heterocycles. The molecule has 3 aromatic heterocycles. The zero-order valence-electron chi connectivity index (χ0n) is 40.0. The van der Waals surface area contributed by atoms with Crippen molar-refractivity contribution < 1.29 is 32.9 Å². The topological polar surface area (TPSA) is 125 Å². The van der Waals surface area contributed by atoms with E-state index in [-0.39, 0.29) is 29.5 Å². The van der Waals surface area contributed by atoms with E-state index in [1.54, 1.807) is 0 Å². The molecule has 9 rings (SSSR count). The molecular weight excluding hydrogens is 853 g/mol. The van der Waals surface area contributed by atoms with E-state index in [4.69, 9.17) is 0 Å². The Morgan fingerprint density at radius 2 is 1.10 bits per heavy atom. The molecule has 0 radical (unpaired) electrons. The lowest BCUT2D eigenvalue weighted by Crippen LogP contribution is -2.52. The number of rotatable bonds is 24. The van der Waals surface area contributed by atoms with Crippen molar-refractivity contribution in [3.8, 4) is 0 Å². The summed E-state index contributed by atoms with van der Waals surface area (Å²) in [5.74, 6) is -0.643. The number of carbonyl (C=O) groups is 4. The number of hydrogen-bond donors (Lipinski definition) is 2. The lowest BCUT2D eigenvalue weighted by atomic mass is 9.84. The van der Waals surface area contributed by atoms with Crippen LogP contribution in [0.5, 0.6) is 0 Å². The van der Waals surface area contributed by atoms with Crippen molar-refractivity contribution in [2.45, 2.75) is 104 Å².